The smallest absolute Gasteiger partial charge is 0.145 e. The molecule has 0 unspecified atom stereocenters. The van der Waals surface area contributed by atoms with Crippen LogP contribution >= 0.6 is 11.6 Å². The van der Waals surface area contributed by atoms with E-state index in [1.807, 2.05) is 6.92 Å². The van der Waals surface area contributed by atoms with Gasteiger partial charge in [0.15, 0.2) is 0 Å². The zero-order chi connectivity index (χ0) is 14.2. The highest BCUT2D eigenvalue weighted by Gasteiger charge is 2.18. The van der Waals surface area contributed by atoms with Gasteiger partial charge in [-0.05, 0) is 26.0 Å². The number of halogens is 3. The molecule has 1 heterocycles. The Balaban J connectivity index is 2.68. The third-order valence-electron chi connectivity index (χ3n) is 2.99. The molecule has 1 aromatic heterocycles. The van der Waals surface area contributed by atoms with Gasteiger partial charge in [-0.15, -0.1) is 0 Å². The number of hydrogen-bond acceptors (Lipinski definition) is 2. The maximum Gasteiger partial charge on any atom is 0.145 e. The normalized spacial score (nSPS) is 11.1. The van der Waals surface area contributed by atoms with Crippen LogP contribution in [0.1, 0.15) is 18.2 Å². The monoisotopic (exact) mass is 286 g/mol. The minimum absolute atomic E-state index is 0.218. The Morgan fingerprint density at radius 1 is 1.32 bits per heavy atom. The van der Waals surface area contributed by atoms with Crippen molar-refractivity contribution in [1.29, 1.82) is 0 Å². The number of hydrogen-bond donors (Lipinski definition) is 1. The first-order chi connectivity index (χ1) is 8.99. The predicted octanol–water partition coefficient (Wildman–Crippen LogP) is 3.30. The molecule has 0 radical (unpaired) electrons. The van der Waals surface area contributed by atoms with Crippen molar-refractivity contribution in [1.82, 2.24) is 9.78 Å². The molecule has 102 valence electrons. The summed E-state index contributed by atoms with van der Waals surface area (Å²) in [4.78, 5) is 0. The van der Waals surface area contributed by atoms with Gasteiger partial charge in [-0.3, -0.25) is 4.68 Å². The van der Waals surface area contributed by atoms with Crippen molar-refractivity contribution in [3.63, 3.8) is 0 Å². The zero-order valence-electron chi connectivity index (χ0n) is 10.5. The highest BCUT2D eigenvalue weighted by molar-refractivity contribution is 6.31. The quantitative estimate of drug-likeness (QED) is 0.879. The minimum atomic E-state index is -0.814. The molecular weight excluding hydrogens is 274 g/mol. The molecule has 19 heavy (non-hydrogen) atoms. The van der Waals surface area contributed by atoms with Crippen LogP contribution in [0, 0.1) is 18.6 Å². The summed E-state index contributed by atoms with van der Waals surface area (Å²) in [5.41, 5.74) is 2.13. The third kappa shape index (κ3) is 2.35. The summed E-state index contributed by atoms with van der Waals surface area (Å²) in [5.74, 6) is -1.63. The van der Waals surface area contributed by atoms with E-state index in [2.05, 4.69) is 5.10 Å². The van der Waals surface area contributed by atoms with Crippen molar-refractivity contribution >= 4 is 11.6 Å². The van der Waals surface area contributed by atoms with Crippen molar-refractivity contribution in [2.24, 2.45) is 0 Å². The fourth-order valence-electron chi connectivity index (χ4n) is 2.04. The molecule has 0 atom stereocenters. The van der Waals surface area contributed by atoms with Gasteiger partial charge in [0.1, 0.15) is 16.7 Å². The molecule has 1 N–H and O–H groups in total. The molecule has 0 aliphatic carbocycles. The second-order valence-corrected chi connectivity index (χ2v) is 4.53. The van der Waals surface area contributed by atoms with Gasteiger partial charge in [-0.25, -0.2) is 8.78 Å². The Hall–Kier alpha value is -1.46. The lowest BCUT2D eigenvalue weighted by molar-refractivity contribution is 0.274. The van der Waals surface area contributed by atoms with Gasteiger partial charge in [-0.2, -0.15) is 5.10 Å². The van der Waals surface area contributed by atoms with Crippen LogP contribution in [-0.2, 0) is 13.2 Å². The van der Waals surface area contributed by atoms with Crippen LogP contribution in [0.25, 0.3) is 11.3 Å². The topological polar surface area (TPSA) is 38.0 Å². The number of aryl methyl sites for hydroxylation is 1. The Kier molecular flexibility index (Phi) is 3.87. The van der Waals surface area contributed by atoms with Crippen molar-refractivity contribution in [2.45, 2.75) is 27.0 Å². The first kappa shape index (κ1) is 14.0. The van der Waals surface area contributed by atoms with Crippen molar-refractivity contribution in [3.8, 4) is 11.3 Å². The first-order valence-electron chi connectivity index (χ1n) is 5.81. The Morgan fingerprint density at radius 2 is 1.89 bits per heavy atom. The van der Waals surface area contributed by atoms with Crippen LogP contribution in [-0.4, -0.2) is 14.9 Å². The van der Waals surface area contributed by atoms with Gasteiger partial charge in [0.2, 0.25) is 0 Å². The lowest BCUT2D eigenvalue weighted by atomic mass is 10.1. The molecule has 0 spiro atoms. The van der Waals surface area contributed by atoms with Gasteiger partial charge >= 0.3 is 0 Å². The Labute approximate surface area is 114 Å². The van der Waals surface area contributed by atoms with Gasteiger partial charge < -0.3 is 5.11 Å². The first-order valence-corrected chi connectivity index (χ1v) is 6.19. The molecule has 6 heteroatoms. The van der Waals surface area contributed by atoms with Crippen LogP contribution in [0.4, 0.5) is 8.78 Å². The second kappa shape index (κ2) is 5.27. The summed E-state index contributed by atoms with van der Waals surface area (Å²) < 4.78 is 28.7. The van der Waals surface area contributed by atoms with Gasteiger partial charge in [-0.1, -0.05) is 11.6 Å². The molecule has 2 rings (SSSR count). The highest BCUT2D eigenvalue weighted by atomic mass is 35.5. The molecule has 1 aromatic carbocycles. The van der Waals surface area contributed by atoms with E-state index in [9.17, 15) is 13.9 Å². The molecule has 0 amide bonds. The Bertz CT molecular complexity index is 602. The van der Waals surface area contributed by atoms with E-state index in [1.165, 1.54) is 12.1 Å². The molecule has 0 aliphatic heterocycles. The van der Waals surface area contributed by atoms with Crippen LogP contribution in [0.15, 0.2) is 12.1 Å². The number of aliphatic hydroxyl groups is 1. The number of rotatable bonds is 3. The fraction of sp³-hybridized carbons (Fsp3) is 0.308. The standard InChI is InChI=1S/C13H13ClF2N2O/c1-3-18-13(7(2)11(6-19)17-18)8-4-9(15)12(14)10(16)5-8/h4-5,19H,3,6H2,1-2H3. The van der Waals surface area contributed by atoms with Gasteiger partial charge in [0.05, 0.1) is 18.0 Å². The van der Waals surface area contributed by atoms with Crippen LogP contribution in [0.2, 0.25) is 5.02 Å². The van der Waals surface area contributed by atoms with E-state index >= 15 is 0 Å². The summed E-state index contributed by atoms with van der Waals surface area (Å²) in [5, 5.41) is 12.9. The average Bonchev–Trinajstić information content (AvgIpc) is 2.71. The van der Waals surface area contributed by atoms with E-state index in [0.29, 0.717) is 29.1 Å². The van der Waals surface area contributed by atoms with Crippen LogP contribution in [0.5, 0.6) is 0 Å². The summed E-state index contributed by atoms with van der Waals surface area (Å²) >= 11 is 5.47. The minimum Gasteiger partial charge on any atom is -0.390 e. The molecule has 0 fully saturated rings. The summed E-state index contributed by atoms with van der Waals surface area (Å²) in [6.07, 6.45) is 0. The SMILES string of the molecule is CCn1nc(CO)c(C)c1-c1cc(F)c(Cl)c(F)c1. The van der Waals surface area contributed by atoms with Crippen molar-refractivity contribution in [2.75, 3.05) is 0 Å². The molecule has 0 saturated carbocycles. The van der Waals surface area contributed by atoms with Gasteiger partial charge in [0, 0.05) is 17.7 Å². The summed E-state index contributed by atoms with van der Waals surface area (Å²) in [6.45, 7) is 3.93. The Morgan fingerprint density at radius 3 is 2.37 bits per heavy atom. The van der Waals surface area contributed by atoms with E-state index in [-0.39, 0.29) is 6.61 Å². The van der Waals surface area contributed by atoms with E-state index < -0.39 is 16.7 Å². The summed E-state index contributed by atoms with van der Waals surface area (Å²) in [6, 6.07) is 2.34. The number of nitrogens with zero attached hydrogens (tertiary/aromatic N) is 2. The molecule has 0 aliphatic rings. The van der Waals surface area contributed by atoms with Crippen molar-refractivity contribution < 1.29 is 13.9 Å². The van der Waals surface area contributed by atoms with E-state index in [1.54, 1.807) is 11.6 Å². The van der Waals surface area contributed by atoms with E-state index in [0.717, 1.165) is 0 Å². The third-order valence-corrected chi connectivity index (χ3v) is 3.36. The fourth-order valence-corrected chi connectivity index (χ4v) is 2.15. The van der Waals surface area contributed by atoms with Gasteiger partial charge in [0.25, 0.3) is 0 Å². The number of aliphatic hydroxyl groups excluding tert-OH is 1. The predicted molar refractivity (Wildman–Crippen MR) is 68.9 cm³/mol. The van der Waals surface area contributed by atoms with E-state index in [4.69, 9.17) is 11.6 Å². The zero-order valence-corrected chi connectivity index (χ0v) is 11.3. The highest BCUT2D eigenvalue weighted by Crippen LogP contribution is 2.30. The van der Waals surface area contributed by atoms with Crippen LogP contribution in [0.3, 0.4) is 0 Å². The molecule has 2 aromatic rings. The maximum absolute atomic E-state index is 13.5. The average molecular weight is 287 g/mol. The molecular formula is C13H13ClF2N2O. The van der Waals surface area contributed by atoms with Crippen molar-refractivity contribution in [3.05, 3.63) is 40.0 Å². The largest absolute Gasteiger partial charge is 0.390 e. The lowest BCUT2D eigenvalue weighted by Crippen LogP contribution is -2.01. The number of aromatic nitrogens is 2. The maximum atomic E-state index is 13.5. The molecule has 0 saturated heterocycles. The molecule has 0 bridgehead atoms. The second-order valence-electron chi connectivity index (χ2n) is 4.15. The lowest BCUT2D eigenvalue weighted by Gasteiger charge is -2.08. The molecule has 3 nitrogen and oxygen atoms in total. The summed E-state index contributed by atoms with van der Waals surface area (Å²) in [7, 11) is 0. The van der Waals surface area contributed by atoms with Crippen LogP contribution < -0.4 is 0 Å². The number of benzene rings is 1.